The van der Waals surface area contributed by atoms with Crippen LogP contribution in [0.15, 0.2) is 16.1 Å². The summed E-state index contributed by atoms with van der Waals surface area (Å²) in [7, 11) is 0. The molecule has 1 aliphatic heterocycles. The number of halogens is 3. The lowest BCUT2D eigenvalue weighted by Crippen LogP contribution is -2.36. The molecule has 0 radical (unpaired) electrons. The van der Waals surface area contributed by atoms with E-state index in [9.17, 15) is 27.6 Å². The highest BCUT2D eigenvalue weighted by Gasteiger charge is 2.38. The molecule has 0 bridgehead atoms. The number of aromatic nitrogens is 2. The predicted octanol–water partition coefficient (Wildman–Crippen LogP) is 1.58. The number of ether oxygens (including phenoxy) is 2. The second kappa shape index (κ2) is 11.3. The van der Waals surface area contributed by atoms with Crippen molar-refractivity contribution in [2.75, 3.05) is 18.6 Å². The molecule has 0 aromatic carbocycles. The Labute approximate surface area is 185 Å². The van der Waals surface area contributed by atoms with Gasteiger partial charge < -0.3 is 20.1 Å². The van der Waals surface area contributed by atoms with Crippen molar-refractivity contribution in [3.05, 3.63) is 32.7 Å². The smallest absolute Gasteiger partial charge is 0.369 e. The Morgan fingerprint density at radius 2 is 2.21 bits per heavy atom. The third kappa shape index (κ3) is 7.21. The molecule has 1 aromatic heterocycles. The number of anilines is 1. The predicted molar refractivity (Wildman–Crippen MR) is 106 cm³/mol. The molecule has 2 N–H and O–H groups in total. The molecule has 0 saturated carbocycles. The minimum atomic E-state index is -5.05. The minimum absolute atomic E-state index is 0.0150. The van der Waals surface area contributed by atoms with Gasteiger partial charge >= 0.3 is 17.8 Å². The molecule has 3 atom stereocenters. The molecule has 0 spiro atoms. The van der Waals surface area contributed by atoms with Gasteiger partial charge in [-0.05, 0) is 12.0 Å². The van der Waals surface area contributed by atoms with Crippen molar-refractivity contribution in [3.63, 3.8) is 0 Å². The van der Waals surface area contributed by atoms with Crippen molar-refractivity contribution in [3.8, 4) is 11.8 Å². The highest BCUT2D eigenvalue weighted by atomic mass is 19.4. The van der Waals surface area contributed by atoms with E-state index in [-0.39, 0.29) is 24.5 Å². The average Bonchev–Trinajstić information content (AvgIpc) is 3.14. The summed E-state index contributed by atoms with van der Waals surface area (Å²) < 4.78 is 49.2. The van der Waals surface area contributed by atoms with Gasteiger partial charge in [-0.15, -0.1) is 0 Å². The van der Waals surface area contributed by atoms with E-state index in [1.807, 2.05) is 6.92 Å². The van der Waals surface area contributed by atoms with Crippen molar-refractivity contribution in [2.45, 2.75) is 51.3 Å². The summed E-state index contributed by atoms with van der Waals surface area (Å²) in [6.07, 6.45) is -4.75. The highest BCUT2D eigenvalue weighted by Crippen LogP contribution is 2.32. The largest absolute Gasteiger partial charge is 0.471 e. The zero-order valence-electron chi connectivity index (χ0n) is 17.5. The number of nitrogens with one attached hydrogen (secondary N) is 2. The van der Waals surface area contributed by atoms with Crippen LogP contribution in [0.25, 0.3) is 10.4 Å². The molecule has 1 aliphatic rings. The average molecular weight is 471 g/mol. The standard InChI is InChI=1S/C18H20F3N7O5/c1-3-12-13(32-9-24-27-22)7-14(33-12)28-8-11(15(25-10(2)29)26-17(28)31)5-4-6-23-16(30)18(19,20)21/h8,12-14H,3,6-7,9H2,1-2H3,(H,23,30)(H,25,26,29,31). The first-order valence-electron chi connectivity index (χ1n) is 9.59. The van der Waals surface area contributed by atoms with Gasteiger partial charge in [0.1, 0.15) is 13.0 Å². The van der Waals surface area contributed by atoms with Crippen LogP contribution in [0.5, 0.6) is 0 Å². The molecule has 2 rings (SSSR count). The Hall–Kier alpha value is -3.60. The quantitative estimate of drug-likeness (QED) is 0.266. The number of nitrogens with zero attached hydrogens (tertiary/aromatic N) is 5. The minimum Gasteiger partial charge on any atom is -0.369 e. The Kier molecular flexibility index (Phi) is 8.80. The van der Waals surface area contributed by atoms with Gasteiger partial charge in [0.25, 0.3) is 0 Å². The van der Waals surface area contributed by atoms with Gasteiger partial charge in [0.05, 0.1) is 24.3 Å². The van der Waals surface area contributed by atoms with Crippen LogP contribution in [-0.4, -0.2) is 53.0 Å². The third-order valence-electron chi connectivity index (χ3n) is 4.37. The van der Waals surface area contributed by atoms with Gasteiger partial charge in [-0.2, -0.15) is 18.2 Å². The van der Waals surface area contributed by atoms with Gasteiger partial charge in [0, 0.05) is 24.5 Å². The number of carbonyl (C=O) groups excluding carboxylic acids is 2. The van der Waals surface area contributed by atoms with Crippen molar-refractivity contribution < 1.29 is 32.2 Å². The van der Waals surface area contributed by atoms with E-state index in [0.29, 0.717) is 6.42 Å². The molecular weight excluding hydrogens is 451 g/mol. The first-order chi connectivity index (χ1) is 15.6. The fourth-order valence-corrected chi connectivity index (χ4v) is 2.96. The van der Waals surface area contributed by atoms with E-state index < -0.39 is 48.7 Å². The van der Waals surface area contributed by atoms with Crippen LogP contribution in [0.4, 0.5) is 19.0 Å². The summed E-state index contributed by atoms with van der Waals surface area (Å²) in [5.41, 5.74) is 7.62. The van der Waals surface area contributed by atoms with Crippen LogP contribution in [0.3, 0.4) is 0 Å². The molecule has 2 amide bonds. The summed E-state index contributed by atoms with van der Waals surface area (Å²) in [5.74, 6) is 1.90. The second-order valence-corrected chi connectivity index (χ2v) is 6.69. The molecule has 12 nitrogen and oxygen atoms in total. The van der Waals surface area contributed by atoms with Crippen molar-refractivity contribution in [2.24, 2.45) is 5.11 Å². The van der Waals surface area contributed by atoms with E-state index in [2.05, 4.69) is 32.2 Å². The van der Waals surface area contributed by atoms with Crippen LogP contribution in [-0.2, 0) is 19.1 Å². The van der Waals surface area contributed by atoms with E-state index in [1.54, 1.807) is 5.32 Å². The van der Waals surface area contributed by atoms with E-state index in [0.717, 1.165) is 4.57 Å². The fourth-order valence-electron chi connectivity index (χ4n) is 2.96. The molecule has 1 aromatic rings. The Balaban J connectivity index is 2.29. The Morgan fingerprint density at radius 3 is 2.82 bits per heavy atom. The fraction of sp³-hybridized carbons (Fsp3) is 0.556. The zero-order chi connectivity index (χ0) is 24.6. The maximum Gasteiger partial charge on any atom is 0.471 e. The number of carbonyl (C=O) groups is 2. The van der Waals surface area contributed by atoms with Crippen LogP contribution in [0, 0.1) is 11.8 Å². The lowest BCUT2D eigenvalue weighted by Gasteiger charge is -2.16. The summed E-state index contributed by atoms with van der Waals surface area (Å²) in [4.78, 5) is 41.2. The monoisotopic (exact) mass is 471 g/mol. The number of rotatable bonds is 7. The van der Waals surface area contributed by atoms with E-state index in [4.69, 9.17) is 15.0 Å². The first-order valence-corrected chi connectivity index (χ1v) is 9.59. The molecule has 3 unspecified atom stereocenters. The molecule has 33 heavy (non-hydrogen) atoms. The van der Waals surface area contributed by atoms with Crippen molar-refractivity contribution in [1.82, 2.24) is 14.9 Å². The van der Waals surface area contributed by atoms with Crippen LogP contribution in [0.1, 0.15) is 38.5 Å². The number of hydrogen-bond acceptors (Lipinski definition) is 7. The summed E-state index contributed by atoms with van der Waals surface area (Å²) in [6.45, 7) is 2.16. The van der Waals surface area contributed by atoms with E-state index >= 15 is 0 Å². The maximum absolute atomic E-state index is 12.5. The normalized spacial score (nSPS) is 19.7. The third-order valence-corrected chi connectivity index (χ3v) is 4.37. The molecule has 1 saturated heterocycles. The van der Waals surface area contributed by atoms with Crippen LogP contribution in [0.2, 0.25) is 0 Å². The Bertz CT molecular complexity index is 1060. The molecule has 0 aliphatic carbocycles. The zero-order valence-corrected chi connectivity index (χ0v) is 17.5. The molecule has 1 fully saturated rings. The number of hydrogen-bond donors (Lipinski definition) is 2. The van der Waals surface area contributed by atoms with Crippen molar-refractivity contribution in [1.29, 1.82) is 0 Å². The van der Waals surface area contributed by atoms with Crippen molar-refractivity contribution >= 4 is 17.6 Å². The number of alkyl halides is 3. The summed E-state index contributed by atoms with van der Waals surface area (Å²) in [6, 6.07) is 0. The highest BCUT2D eigenvalue weighted by molar-refractivity contribution is 5.88. The lowest BCUT2D eigenvalue weighted by molar-refractivity contribution is -0.173. The topological polar surface area (TPSA) is 160 Å². The maximum atomic E-state index is 12.5. The molecule has 178 valence electrons. The number of azide groups is 1. The van der Waals surface area contributed by atoms with Crippen LogP contribution >= 0.6 is 0 Å². The molecular formula is C18H20F3N7O5. The van der Waals surface area contributed by atoms with E-state index in [1.165, 1.54) is 13.1 Å². The molecule has 15 heteroatoms. The summed E-state index contributed by atoms with van der Waals surface area (Å²) >= 11 is 0. The lowest BCUT2D eigenvalue weighted by atomic mass is 10.1. The van der Waals surface area contributed by atoms with Gasteiger partial charge in [-0.1, -0.05) is 23.9 Å². The summed E-state index contributed by atoms with van der Waals surface area (Å²) in [5, 5.41) is 7.22. The SMILES string of the molecule is CCC1OC(n2cc(C#CCNC(=O)C(F)(F)F)c(NC(C)=O)nc2=O)CC1OCN=[N+]=[N-]. The molecule has 2 heterocycles. The van der Waals surface area contributed by atoms with Gasteiger partial charge in [-0.3, -0.25) is 14.2 Å². The van der Waals surface area contributed by atoms with Gasteiger partial charge in [0.2, 0.25) is 5.91 Å². The van der Waals surface area contributed by atoms with Crippen LogP contribution < -0.4 is 16.3 Å². The van der Waals surface area contributed by atoms with Gasteiger partial charge in [-0.25, -0.2) is 4.79 Å². The number of amides is 2. The second-order valence-electron chi connectivity index (χ2n) is 6.69. The Morgan fingerprint density at radius 1 is 1.48 bits per heavy atom. The first kappa shape index (κ1) is 25.7. The van der Waals surface area contributed by atoms with Gasteiger partial charge in [0.15, 0.2) is 5.82 Å².